The van der Waals surface area contributed by atoms with Crippen molar-refractivity contribution in [3.8, 4) is 33.1 Å². The van der Waals surface area contributed by atoms with Crippen molar-refractivity contribution in [1.82, 2.24) is 35.1 Å². The Morgan fingerprint density at radius 1 is 0.967 bits per heavy atom. The molecule has 0 atom stereocenters. The number of halogens is 1. The molecule has 5 aromatic heterocycles. The third-order valence-electron chi connectivity index (χ3n) is 4.89. The Bertz CT molecular complexity index is 1520. The van der Waals surface area contributed by atoms with E-state index in [0.717, 1.165) is 55.0 Å². The Balaban J connectivity index is 1.52. The number of benzene rings is 1. The number of fused-ring (bicyclic) bond motifs is 2. The summed E-state index contributed by atoms with van der Waals surface area (Å²) >= 11 is 1.10. The van der Waals surface area contributed by atoms with E-state index in [1.165, 1.54) is 12.4 Å². The lowest BCUT2D eigenvalue weighted by atomic mass is 10.1. The van der Waals surface area contributed by atoms with Gasteiger partial charge in [0.25, 0.3) is 0 Å². The molecule has 0 aliphatic carbocycles. The molecule has 0 radical (unpaired) electrons. The van der Waals surface area contributed by atoms with Crippen molar-refractivity contribution in [1.29, 1.82) is 0 Å². The van der Waals surface area contributed by atoms with Crippen LogP contribution in [0.3, 0.4) is 0 Å². The summed E-state index contributed by atoms with van der Waals surface area (Å²) in [6, 6.07) is 11.0. The average molecular weight is 413 g/mol. The number of thiophene rings is 1. The van der Waals surface area contributed by atoms with Crippen molar-refractivity contribution < 1.29 is 4.39 Å². The van der Waals surface area contributed by atoms with Crippen LogP contribution in [0.2, 0.25) is 0 Å². The molecule has 0 saturated carbocycles. The van der Waals surface area contributed by atoms with Gasteiger partial charge in [0.2, 0.25) is 0 Å². The van der Waals surface area contributed by atoms with Gasteiger partial charge in [-0.05, 0) is 24.3 Å². The summed E-state index contributed by atoms with van der Waals surface area (Å²) in [6.45, 7) is 0. The van der Waals surface area contributed by atoms with Crippen molar-refractivity contribution >= 4 is 33.4 Å². The highest BCUT2D eigenvalue weighted by atomic mass is 32.1. The predicted octanol–water partition coefficient (Wildman–Crippen LogP) is 4.83. The van der Waals surface area contributed by atoms with Gasteiger partial charge in [-0.2, -0.15) is 9.49 Å². The van der Waals surface area contributed by atoms with Crippen LogP contribution in [0.5, 0.6) is 0 Å². The summed E-state index contributed by atoms with van der Waals surface area (Å²) in [7, 11) is 0. The molecule has 9 heteroatoms. The van der Waals surface area contributed by atoms with Crippen LogP contribution in [-0.4, -0.2) is 35.1 Å². The van der Waals surface area contributed by atoms with Crippen molar-refractivity contribution in [3.63, 3.8) is 0 Å². The summed E-state index contributed by atoms with van der Waals surface area (Å²) in [4.78, 5) is 21.6. The maximum atomic E-state index is 13.6. The molecule has 144 valence electrons. The minimum atomic E-state index is -0.221. The van der Waals surface area contributed by atoms with Gasteiger partial charge in [0.15, 0.2) is 16.6 Å². The second kappa shape index (κ2) is 6.53. The molecule has 0 fully saturated rings. The van der Waals surface area contributed by atoms with Gasteiger partial charge in [0.1, 0.15) is 12.0 Å². The van der Waals surface area contributed by atoms with Crippen LogP contribution < -0.4 is 0 Å². The molecular weight excluding hydrogens is 401 g/mol. The van der Waals surface area contributed by atoms with E-state index in [1.54, 1.807) is 24.7 Å². The summed E-state index contributed by atoms with van der Waals surface area (Å²) in [6.07, 6.45) is 6.71. The third kappa shape index (κ3) is 2.67. The zero-order valence-electron chi connectivity index (χ0n) is 15.3. The van der Waals surface area contributed by atoms with E-state index in [-0.39, 0.29) is 5.13 Å². The average Bonchev–Trinajstić information content (AvgIpc) is 3.51. The van der Waals surface area contributed by atoms with E-state index < -0.39 is 0 Å². The van der Waals surface area contributed by atoms with E-state index in [4.69, 9.17) is 4.98 Å². The highest BCUT2D eigenvalue weighted by Gasteiger charge is 2.16. The van der Waals surface area contributed by atoms with Crippen LogP contribution in [0.1, 0.15) is 0 Å². The Kier molecular flexibility index (Phi) is 3.68. The number of nitrogens with one attached hydrogen (secondary N) is 2. The number of hydrogen-bond donors (Lipinski definition) is 2. The number of imidazole rings is 1. The number of aromatic nitrogens is 7. The molecule has 5 heterocycles. The van der Waals surface area contributed by atoms with E-state index in [9.17, 15) is 4.39 Å². The molecule has 0 spiro atoms. The molecule has 0 aliphatic heterocycles. The van der Waals surface area contributed by atoms with Crippen LogP contribution in [0.25, 0.3) is 55.2 Å². The topological polar surface area (TPSA) is 96.0 Å². The number of para-hydroxylation sites is 1. The maximum absolute atomic E-state index is 13.6. The first-order valence-corrected chi connectivity index (χ1v) is 9.92. The predicted molar refractivity (Wildman–Crippen MR) is 113 cm³/mol. The highest BCUT2D eigenvalue weighted by Crippen LogP contribution is 2.34. The van der Waals surface area contributed by atoms with Gasteiger partial charge in [-0.1, -0.05) is 12.1 Å². The highest BCUT2D eigenvalue weighted by molar-refractivity contribution is 7.14. The Hall–Kier alpha value is -3.98. The largest absolute Gasteiger partial charge is 0.337 e. The van der Waals surface area contributed by atoms with E-state index in [1.807, 2.05) is 24.3 Å². The molecule has 1 aromatic carbocycles. The lowest BCUT2D eigenvalue weighted by molar-refractivity contribution is 0.657. The van der Waals surface area contributed by atoms with Crippen LogP contribution >= 0.6 is 11.3 Å². The minimum Gasteiger partial charge on any atom is -0.337 e. The fourth-order valence-corrected chi connectivity index (χ4v) is 4.25. The molecule has 0 amide bonds. The summed E-state index contributed by atoms with van der Waals surface area (Å²) in [5, 5.41) is 7.96. The lowest BCUT2D eigenvalue weighted by Crippen LogP contribution is -1.85. The number of pyridine rings is 1. The molecule has 0 unspecified atom stereocenters. The minimum absolute atomic E-state index is 0.221. The SMILES string of the molecule is Fc1ccc(-c2cccc3[nH]c(-c4[nH]nc5ncc(-c6cncnc6)cc45)nc23)s1. The summed E-state index contributed by atoms with van der Waals surface area (Å²) in [5.41, 5.74) is 5.59. The number of H-pyrrole nitrogens is 2. The van der Waals surface area contributed by atoms with Gasteiger partial charge in [-0.25, -0.2) is 19.9 Å². The smallest absolute Gasteiger partial charge is 0.181 e. The molecule has 0 saturated heterocycles. The zero-order valence-corrected chi connectivity index (χ0v) is 16.1. The number of rotatable bonds is 3. The Morgan fingerprint density at radius 3 is 2.70 bits per heavy atom. The molecule has 0 bridgehead atoms. The van der Waals surface area contributed by atoms with Gasteiger partial charge in [-0.15, -0.1) is 11.3 Å². The van der Waals surface area contributed by atoms with Crippen LogP contribution in [0.15, 0.2) is 61.3 Å². The molecule has 7 nitrogen and oxygen atoms in total. The number of aromatic amines is 2. The first-order chi connectivity index (χ1) is 14.8. The number of nitrogens with zero attached hydrogens (tertiary/aromatic N) is 5. The molecule has 30 heavy (non-hydrogen) atoms. The first kappa shape index (κ1) is 16.9. The van der Waals surface area contributed by atoms with Gasteiger partial charge in [0.05, 0.1) is 16.4 Å². The third-order valence-corrected chi connectivity index (χ3v) is 5.80. The maximum Gasteiger partial charge on any atom is 0.181 e. The molecule has 6 aromatic rings. The normalized spacial score (nSPS) is 11.5. The van der Waals surface area contributed by atoms with Gasteiger partial charge < -0.3 is 4.98 Å². The second-order valence-electron chi connectivity index (χ2n) is 6.71. The fraction of sp³-hybridized carbons (Fsp3) is 0. The van der Waals surface area contributed by atoms with Gasteiger partial charge in [-0.3, -0.25) is 5.10 Å². The Labute approximate surface area is 172 Å². The van der Waals surface area contributed by atoms with Crippen LogP contribution in [-0.2, 0) is 0 Å². The van der Waals surface area contributed by atoms with Crippen LogP contribution in [0, 0.1) is 5.13 Å². The van der Waals surface area contributed by atoms with Gasteiger partial charge >= 0.3 is 0 Å². The van der Waals surface area contributed by atoms with E-state index in [0.29, 0.717) is 11.5 Å². The zero-order chi connectivity index (χ0) is 20.1. The molecule has 2 N–H and O–H groups in total. The second-order valence-corrected chi connectivity index (χ2v) is 7.75. The van der Waals surface area contributed by atoms with Gasteiger partial charge in [0, 0.05) is 40.2 Å². The van der Waals surface area contributed by atoms with E-state index in [2.05, 4.69) is 30.1 Å². The fourth-order valence-electron chi connectivity index (χ4n) is 3.49. The quantitative estimate of drug-likeness (QED) is 0.433. The molecule has 0 aliphatic rings. The lowest BCUT2D eigenvalue weighted by Gasteiger charge is -2.00. The molecular formula is C21H12FN7S. The first-order valence-electron chi connectivity index (χ1n) is 9.10. The van der Waals surface area contributed by atoms with E-state index >= 15 is 0 Å². The Morgan fingerprint density at radius 2 is 1.87 bits per heavy atom. The molecule has 6 rings (SSSR count). The van der Waals surface area contributed by atoms with Crippen LogP contribution in [0.4, 0.5) is 4.39 Å². The van der Waals surface area contributed by atoms with Crippen molar-refractivity contribution in [2.45, 2.75) is 0 Å². The summed E-state index contributed by atoms with van der Waals surface area (Å²) < 4.78 is 13.6. The summed E-state index contributed by atoms with van der Waals surface area (Å²) in [5.74, 6) is 0.639. The standard InChI is InChI=1S/C21H12FN7S/c22-17-5-4-16(30-17)13-2-1-3-15-18(13)27-21(26-15)19-14-6-11(9-25-20(14)29-28-19)12-7-23-10-24-8-12/h1-10H,(H,26,27)(H,25,28,29). The monoisotopic (exact) mass is 413 g/mol. The van der Waals surface area contributed by atoms with Crippen molar-refractivity contribution in [2.24, 2.45) is 0 Å². The van der Waals surface area contributed by atoms with Crippen molar-refractivity contribution in [3.05, 3.63) is 66.4 Å². The number of hydrogen-bond acceptors (Lipinski definition) is 6. The van der Waals surface area contributed by atoms with Crippen molar-refractivity contribution in [2.75, 3.05) is 0 Å².